The molecule has 1 aromatic heterocycles. The molecule has 99 valence electrons. The fourth-order valence-electron chi connectivity index (χ4n) is 2.19. The van der Waals surface area contributed by atoms with Crippen molar-refractivity contribution in [2.24, 2.45) is 4.99 Å². The van der Waals surface area contributed by atoms with E-state index in [9.17, 15) is 4.79 Å². The molecule has 3 radical (unpaired) electrons. The van der Waals surface area contributed by atoms with Crippen LogP contribution in [-0.4, -0.2) is 16.1 Å². The van der Waals surface area contributed by atoms with Gasteiger partial charge in [0.1, 0.15) is 11.6 Å². The van der Waals surface area contributed by atoms with Crippen molar-refractivity contribution in [3.8, 4) is 5.75 Å². The summed E-state index contributed by atoms with van der Waals surface area (Å²) in [5.74, 6) is 1.14. The first kappa shape index (κ1) is 12.7. The number of aromatic nitrogens is 1. The lowest BCUT2D eigenvalue weighted by Crippen LogP contribution is -2.37. The van der Waals surface area contributed by atoms with Crippen LogP contribution in [0.15, 0.2) is 52.4 Å². The van der Waals surface area contributed by atoms with Gasteiger partial charge in [0.2, 0.25) is 0 Å². The fourth-order valence-corrected chi connectivity index (χ4v) is 2.19. The van der Waals surface area contributed by atoms with E-state index in [0.717, 1.165) is 0 Å². The molecule has 0 saturated heterocycles. The molecule has 0 spiro atoms. The number of aliphatic imine (C=N–C) groups is 1. The number of hydrogen-bond donors (Lipinski definition) is 0. The number of rotatable bonds is 0. The van der Waals surface area contributed by atoms with Crippen molar-refractivity contribution in [2.75, 3.05) is 0 Å². The monoisotopic (exact) mass is 265 g/mol. The van der Waals surface area contributed by atoms with Crippen molar-refractivity contribution in [1.82, 2.24) is 4.57 Å². The first-order valence-electron chi connectivity index (χ1n) is 6.29. The minimum absolute atomic E-state index is 0.162. The predicted octanol–water partition coefficient (Wildman–Crippen LogP) is 2.21. The van der Waals surface area contributed by atoms with Crippen molar-refractivity contribution in [2.45, 2.75) is 19.6 Å². The van der Waals surface area contributed by atoms with Gasteiger partial charge < -0.3 is 4.74 Å². The van der Waals surface area contributed by atoms with E-state index in [-0.39, 0.29) is 5.56 Å². The normalized spacial score (nSPS) is 16.1. The van der Waals surface area contributed by atoms with Gasteiger partial charge in [-0.1, -0.05) is 12.1 Å². The summed E-state index contributed by atoms with van der Waals surface area (Å²) in [6.45, 7) is 11.4. The lowest BCUT2D eigenvalue weighted by Gasteiger charge is -2.30. The molecule has 0 atom stereocenters. The largest absolute Gasteiger partial charge is 0.466 e. The molecule has 1 aliphatic rings. The summed E-state index contributed by atoms with van der Waals surface area (Å²) >= 11 is 0. The number of nitrogens with zero attached hydrogens (tertiary/aromatic N) is 2. The zero-order valence-electron chi connectivity index (χ0n) is 11.3. The van der Waals surface area contributed by atoms with Crippen LogP contribution in [0.5, 0.6) is 5.75 Å². The van der Waals surface area contributed by atoms with Crippen LogP contribution in [0.1, 0.15) is 25.0 Å². The number of pyridine rings is 1. The smallest absolute Gasteiger partial charge is 0.256 e. The molecule has 0 aliphatic carbocycles. The van der Waals surface area contributed by atoms with E-state index in [0.29, 0.717) is 22.7 Å². The van der Waals surface area contributed by atoms with Crippen LogP contribution in [0, 0.1) is 6.92 Å². The highest BCUT2D eigenvalue weighted by atomic mass is 16.5. The fraction of sp³-hybridized carbons (Fsp3) is 0.188. The lowest BCUT2D eigenvalue weighted by atomic mass is 10.1. The minimum Gasteiger partial charge on any atom is -0.466 e. The van der Waals surface area contributed by atoms with E-state index in [4.69, 9.17) is 11.7 Å². The van der Waals surface area contributed by atoms with Gasteiger partial charge in [-0.05, 0) is 37.6 Å². The van der Waals surface area contributed by atoms with Crippen LogP contribution in [0.25, 0.3) is 0 Å². The quantitative estimate of drug-likeness (QED) is 0.733. The molecule has 0 fully saturated rings. The molecule has 2 aromatic rings. The highest BCUT2D eigenvalue weighted by molar-refractivity contribution is 6.03. The summed E-state index contributed by atoms with van der Waals surface area (Å²) in [5.41, 5.74) is 0.0976. The van der Waals surface area contributed by atoms with Gasteiger partial charge in [0, 0.05) is 19.2 Å². The molecule has 4 heteroatoms. The number of fused-ring (bicyclic) bond motifs is 1. The molecular weight excluding hydrogens is 252 g/mol. The molecule has 0 amide bonds. The maximum absolute atomic E-state index is 12.0. The maximum Gasteiger partial charge on any atom is 0.256 e. The van der Waals surface area contributed by atoms with Gasteiger partial charge in [0.25, 0.3) is 5.56 Å². The zero-order valence-corrected chi connectivity index (χ0v) is 11.3. The van der Waals surface area contributed by atoms with Crippen LogP contribution < -0.4 is 10.3 Å². The van der Waals surface area contributed by atoms with E-state index in [1.165, 1.54) is 10.6 Å². The molecule has 1 aliphatic heterocycles. The lowest BCUT2D eigenvalue weighted by molar-refractivity contribution is 0.114. The van der Waals surface area contributed by atoms with Gasteiger partial charge in [0.15, 0.2) is 5.72 Å². The maximum atomic E-state index is 12.0. The molecule has 4 nitrogen and oxygen atoms in total. The third-order valence-electron chi connectivity index (χ3n) is 3.01. The van der Waals surface area contributed by atoms with Gasteiger partial charge in [-0.3, -0.25) is 9.36 Å². The topological polar surface area (TPSA) is 43.6 Å². The third kappa shape index (κ3) is 2.13. The molecule has 3 rings (SSSR count). The molecule has 0 unspecified atom stereocenters. The first-order chi connectivity index (χ1) is 9.46. The number of benzene rings is 1. The molecule has 0 saturated carbocycles. The Bertz CT molecular complexity index is 757. The highest BCUT2D eigenvalue weighted by Crippen LogP contribution is 2.31. The Morgan fingerprint density at radius 3 is 2.80 bits per heavy atom. The summed E-state index contributed by atoms with van der Waals surface area (Å²) < 4.78 is 7.25. The van der Waals surface area contributed by atoms with E-state index in [1.807, 2.05) is 13.8 Å². The van der Waals surface area contributed by atoms with Gasteiger partial charge in [0.05, 0.1) is 5.56 Å². The van der Waals surface area contributed by atoms with Crippen molar-refractivity contribution in [1.29, 1.82) is 0 Å². The van der Waals surface area contributed by atoms with E-state index >= 15 is 0 Å². The summed E-state index contributed by atoms with van der Waals surface area (Å²) in [7, 11) is 0. The van der Waals surface area contributed by atoms with Crippen LogP contribution in [0.3, 0.4) is 0 Å². The standard InChI is InChI=1S/C16H13N2O2/c1-11-7-8-13-12(10-11)15(17-16(2,3)20-13)18-9-5-4-6-14(18)19/h4-10H,2-3H3. The molecule has 1 aromatic carbocycles. The second-order valence-corrected chi connectivity index (χ2v) is 5.10. The Hall–Kier alpha value is -2.36. The SMILES string of the molecule is [C]c1ccc2c(c1)C(n1ccccc1=O)=NC(C)(C)O2. The molecule has 2 heterocycles. The van der Waals surface area contributed by atoms with Crippen LogP contribution in [-0.2, 0) is 0 Å². The van der Waals surface area contributed by atoms with Gasteiger partial charge >= 0.3 is 0 Å². The average molecular weight is 265 g/mol. The van der Waals surface area contributed by atoms with Crippen molar-refractivity contribution in [3.63, 3.8) is 0 Å². The van der Waals surface area contributed by atoms with Crippen LogP contribution in [0.4, 0.5) is 0 Å². The summed E-state index contributed by atoms with van der Waals surface area (Å²) in [6.07, 6.45) is 1.67. The van der Waals surface area contributed by atoms with E-state index < -0.39 is 5.72 Å². The molecular formula is C16H13N2O2. The predicted molar refractivity (Wildman–Crippen MR) is 76.1 cm³/mol. The second kappa shape index (κ2) is 4.34. The Morgan fingerprint density at radius 1 is 1.25 bits per heavy atom. The Kier molecular flexibility index (Phi) is 2.74. The summed E-state index contributed by atoms with van der Waals surface area (Å²) in [4.78, 5) is 16.5. The summed E-state index contributed by atoms with van der Waals surface area (Å²) in [6, 6.07) is 9.99. The van der Waals surface area contributed by atoms with E-state index in [1.54, 1.807) is 36.5 Å². The summed E-state index contributed by atoms with van der Waals surface area (Å²) in [5, 5.41) is 0. The Labute approximate surface area is 117 Å². The first-order valence-corrected chi connectivity index (χ1v) is 6.29. The Balaban J connectivity index is 2.28. The second-order valence-electron chi connectivity index (χ2n) is 5.10. The molecule has 20 heavy (non-hydrogen) atoms. The van der Waals surface area contributed by atoms with Gasteiger partial charge in [-0.2, -0.15) is 0 Å². The zero-order chi connectivity index (χ0) is 14.3. The number of ether oxygens (including phenoxy) is 1. The van der Waals surface area contributed by atoms with Gasteiger partial charge in [-0.15, -0.1) is 0 Å². The highest BCUT2D eigenvalue weighted by Gasteiger charge is 2.29. The molecule has 0 N–H and O–H groups in total. The minimum atomic E-state index is -0.749. The van der Waals surface area contributed by atoms with Crippen molar-refractivity contribution in [3.05, 3.63) is 71.0 Å². The van der Waals surface area contributed by atoms with Gasteiger partial charge in [-0.25, -0.2) is 4.99 Å². The number of hydrogen-bond acceptors (Lipinski definition) is 3. The van der Waals surface area contributed by atoms with Crippen molar-refractivity contribution >= 4 is 5.84 Å². The molecule has 0 bridgehead atoms. The van der Waals surface area contributed by atoms with E-state index in [2.05, 4.69) is 4.99 Å². The Morgan fingerprint density at radius 2 is 2.05 bits per heavy atom. The third-order valence-corrected chi connectivity index (χ3v) is 3.01. The van der Waals surface area contributed by atoms with Crippen LogP contribution in [0.2, 0.25) is 0 Å². The average Bonchev–Trinajstić information content (AvgIpc) is 2.38. The van der Waals surface area contributed by atoms with Crippen LogP contribution >= 0.6 is 0 Å². The van der Waals surface area contributed by atoms with Crippen molar-refractivity contribution < 1.29 is 4.74 Å².